The van der Waals surface area contributed by atoms with Gasteiger partial charge < -0.3 is 31.3 Å². The summed E-state index contributed by atoms with van der Waals surface area (Å²) in [7, 11) is -0.657. The lowest BCUT2D eigenvalue weighted by atomic mass is 9.91. The summed E-state index contributed by atoms with van der Waals surface area (Å²) in [5.74, 6) is 0.483. The molecule has 0 aliphatic carbocycles. The molecule has 9 heteroatoms. The Morgan fingerprint density at radius 3 is 2.37 bits per heavy atom. The molecular weight excluding hydrogens is 562 g/mol. The normalized spacial score (nSPS) is 25.7. The van der Waals surface area contributed by atoms with Crippen molar-refractivity contribution in [2.24, 2.45) is 5.41 Å². The maximum Gasteiger partial charge on any atom is 0.227 e. The molecule has 2 fully saturated rings. The van der Waals surface area contributed by atoms with Gasteiger partial charge in [-0.05, 0) is 100 Å². The first-order valence-electron chi connectivity index (χ1n) is 15.6. The summed E-state index contributed by atoms with van der Waals surface area (Å²) in [5, 5.41) is 40.3. The fourth-order valence-corrected chi connectivity index (χ4v) is 8.44. The van der Waals surface area contributed by atoms with Crippen LogP contribution < -0.4 is 16.0 Å². The number of aliphatic hydroxyl groups excluding tert-OH is 3. The number of rotatable bonds is 11. The van der Waals surface area contributed by atoms with Crippen molar-refractivity contribution in [2.45, 2.75) is 88.9 Å². The van der Waals surface area contributed by atoms with Crippen molar-refractivity contribution in [1.29, 1.82) is 0 Å². The quantitative estimate of drug-likeness (QED) is 0.195. The van der Waals surface area contributed by atoms with Gasteiger partial charge >= 0.3 is 0 Å². The zero-order valence-corrected chi connectivity index (χ0v) is 27.0. The number of amides is 2. The maximum atomic E-state index is 12.7. The van der Waals surface area contributed by atoms with E-state index < -0.39 is 34.6 Å². The van der Waals surface area contributed by atoms with Crippen molar-refractivity contribution in [3.63, 3.8) is 0 Å². The average Bonchev–Trinajstić information content (AvgIpc) is 2.98. The molecule has 2 aromatic rings. The van der Waals surface area contributed by atoms with Crippen LogP contribution in [0.5, 0.6) is 0 Å². The minimum atomic E-state index is -1.12. The van der Waals surface area contributed by atoms with Crippen LogP contribution in [-0.4, -0.2) is 83.1 Å². The highest BCUT2D eigenvalue weighted by atomic mass is 32.2. The van der Waals surface area contributed by atoms with Crippen LogP contribution in [-0.2, 0) is 22.4 Å². The molecule has 6 N–H and O–H groups in total. The molecule has 2 aliphatic rings. The molecule has 8 nitrogen and oxygen atoms in total. The Bertz CT molecular complexity index is 1230. The van der Waals surface area contributed by atoms with E-state index in [1.807, 2.05) is 19.9 Å². The third-order valence-corrected chi connectivity index (χ3v) is 11.5. The summed E-state index contributed by atoms with van der Waals surface area (Å²) in [4.78, 5) is 25.2. The monoisotopic (exact) mass is 613 g/mol. The van der Waals surface area contributed by atoms with Crippen molar-refractivity contribution in [3.8, 4) is 0 Å². The zero-order valence-electron chi connectivity index (χ0n) is 26.1. The SMILES string of the molecule is Cc1ccc([C@H]2[C@H](O)[C@H](O)[C@H](O)C[SH]2C)cc1Cc1ccc(CCCC(=O)NCC(C)(C)C(=O)NC2CCNCC2)cc1. The Morgan fingerprint density at radius 1 is 1.00 bits per heavy atom. The third kappa shape index (κ3) is 9.05. The highest BCUT2D eigenvalue weighted by molar-refractivity contribution is 8.16. The van der Waals surface area contributed by atoms with Crippen LogP contribution in [0.15, 0.2) is 42.5 Å². The Kier molecular flexibility index (Phi) is 11.7. The fraction of sp³-hybridized carbons (Fsp3) is 0.588. The summed E-state index contributed by atoms with van der Waals surface area (Å²) >= 11 is 0. The third-order valence-electron chi connectivity index (χ3n) is 9.04. The van der Waals surface area contributed by atoms with E-state index in [2.05, 4.69) is 65.5 Å². The number of nitrogens with one attached hydrogen (secondary N) is 3. The van der Waals surface area contributed by atoms with Crippen LogP contribution in [0.2, 0.25) is 0 Å². The topological polar surface area (TPSA) is 131 Å². The van der Waals surface area contributed by atoms with E-state index in [0.29, 0.717) is 18.7 Å². The predicted molar refractivity (Wildman–Crippen MR) is 175 cm³/mol. The number of aryl methyl sites for hydroxylation is 2. The zero-order chi connectivity index (χ0) is 31.1. The van der Waals surface area contributed by atoms with Crippen molar-refractivity contribution in [2.75, 3.05) is 31.6 Å². The van der Waals surface area contributed by atoms with Gasteiger partial charge in [0.1, 0.15) is 6.10 Å². The molecule has 5 atom stereocenters. The van der Waals surface area contributed by atoms with Crippen LogP contribution in [0.3, 0.4) is 0 Å². The number of thiol groups is 1. The molecule has 0 saturated carbocycles. The Labute approximate surface area is 259 Å². The molecular formula is C34H51N3O5S. The Morgan fingerprint density at radius 2 is 1.67 bits per heavy atom. The van der Waals surface area contributed by atoms with Crippen LogP contribution in [0, 0.1) is 12.3 Å². The first-order valence-corrected chi connectivity index (χ1v) is 17.7. The average molecular weight is 614 g/mol. The number of hydrogen-bond acceptors (Lipinski definition) is 6. The largest absolute Gasteiger partial charge is 0.390 e. The van der Waals surface area contributed by atoms with Gasteiger partial charge in [0.25, 0.3) is 0 Å². The molecule has 4 rings (SSSR count). The number of hydrogen-bond donors (Lipinski definition) is 7. The van der Waals surface area contributed by atoms with Gasteiger partial charge in [-0.2, -0.15) is 0 Å². The smallest absolute Gasteiger partial charge is 0.227 e. The van der Waals surface area contributed by atoms with Crippen LogP contribution >= 0.6 is 10.9 Å². The Balaban J connectivity index is 1.24. The second-order valence-electron chi connectivity index (χ2n) is 13.1. The predicted octanol–water partition coefficient (Wildman–Crippen LogP) is 2.69. The highest BCUT2D eigenvalue weighted by Crippen LogP contribution is 2.48. The minimum absolute atomic E-state index is 0.0117. The molecule has 2 aromatic carbocycles. The van der Waals surface area contributed by atoms with Gasteiger partial charge in [-0.1, -0.05) is 42.5 Å². The second-order valence-corrected chi connectivity index (χ2v) is 15.6. The molecule has 1 unspecified atom stereocenters. The fourth-order valence-electron chi connectivity index (χ4n) is 6.04. The standard InChI is InChI=1S/C34H51N3O5S/c1-22-8-13-25(32-31(41)30(40)28(38)20-43(32)4)19-26(22)18-24-11-9-23(10-12-24)6-5-7-29(39)36-21-34(2,3)33(42)37-27-14-16-35-17-15-27/h8-13,19,27-28,30-32,35,38,40-41,43H,5-7,14-18,20-21H2,1-4H3,(H,36,39)(H,37,42)/t28-,30-,31-,32+/m1/s1. The molecule has 43 heavy (non-hydrogen) atoms. The van der Waals surface area contributed by atoms with Crippen LogP contribution in [0.25, 0.3) is 0 Å². The number of carbonyl (C=O) groups excluding carboxylic acids is 2. The summed E-state index contributed by atoms with van der Waals surface area (Å²) in [5.41, 5.74) is 5.09. The van der Waals surface area contributed by atoms with Gasteiger partial charge in [-0.25, -0.2) is 10.9 Å². The van der Waals surface area contributed by atoms with Crippen LogP contribution in [0.4, 0.5) is 0 Å². The summed E-state index contributed by atoms with van der Waals surface area (Å²) < 4.78 is 0. The summed E-state index contributed by atoms with van der Waals surface area (Å²) in [6.07, 6.45) is 3.72. The van der Waals surface area contributed by atoms with E-state index in [1.54, 1.807) is 0 Å². The number of piperidine rings is 1. The van der Waals surface area contributed by atoms with Crippen LogP contribution in [0.1, 0.15) is 72.6 Å². The first kappa shape index (κ1) is 33.5. The molecule has 238 valence electrons. The van der Waals surface area contributed by atoms with Crippen molar-refractivity contribution >= 4 is 22.7 Å². The van der Waals surface area contributed by atoms with Crippen molar-refractivity contribution in [3.05, 3.63) is 70.3 Å². The molecule has 2 amide bonds. The molecule has 2 aliphatic heterocycles. The van der Waals surface area contributed by atoms with Gasteiger partial charge in [-0.15, -0.1) is 0 Å². The number of aliphatic hydroxyl groups is 3. The lowest BCUT2D eigenvalue weighted by Gasteiger charge is -2.42. The first-order chi connectivity index (χ1) is 20.4. The van der Waals surface area contributed by atoms with Gasteiger partial charge in [0, 0.05) is 30.0 Å². The van der Waals surface area contributed by atoms with E-state index >= 15 is 0 Å². The molecule has 0 radical (unpaired) electrons. The van der Waals surface area contributed by atoms with E-state index in [0.717, 1.165) is 50.8 Å². The molecule has 2 heterocycles. The van der Waals surface area contributed by atoms with Crippen molar-refractivity contribution in [1.82, 2.24) is 16.0 Å². The van der Waals surface area contributed by atoms with E-state index in [9.17, 15) is 24.9 Å². The lowest BCUT2D eigenvalue weighted by molar-refractivity contribution is -0.130. The van der Waals surface area contributed by atoms with Gasteiger partial charge in [-0.3, -0.25) is 9.59 Å². The van der Waals surface area contributed by atoms with E-state index in [-0.39, 0.29) is 23.1 Å². The Hall–Kier alpha value is -2.43. The van der Waals surface area contributed by atoms with Gasteiger partial charge in [0.15, 0.2) is 0 Å². The number of carbonyl (C=O) groups is 2. The molecule has 0 bridgehead atoms. The summed E-state index contributed by atoms with van der Waals surface area (Å²) in [6, 6.07) is 15.0. The maximum absolute atomic E-state index is 12.7. The molecule has 0 spiro atoms. The van der Waals surface area contributed by atoms with E-state index in [4.69, 9.17) is 0 Å². The van der Waals surface area contributed by atoms with Gasteiger partial charge in [0.2, 0.25) is 11.8 Å². The molecule has 2 saturated heterocycles. The van der Waals surface area contributed by atoms with E-state index in [1.165, 1.54) is 22.3 Å². The number of benzene rings is 2. The molecule has 0 aromatic heterocycles. The van der Waals surface area contributed by atoms with Crippen molar-refractivity contribution < 1.29 is 24.9 Å². The van der Waals surface area contributed by atoms with Gasteiger partial charge in [0.05, 0.1) is 17.6 Å². The summed E-state index contributed by atoms with van der Waals surface area (Å²) in [6.45, 7) is 8.00. The lowest BCUT2D eigenvalue weighted by Crippen LogP contribution is -2.50. The highest BCUT2D eigenvalue weighted by Gasteiger charge is 2.40. The second kappa shape index (κ2) is 15.0. The minimum Gasteiger partial charge on any atom is -0.390 e.